The van der Waals surface area contributed by atoms with Crippen molar-refractivity contribution >= 4 is 11.6 Å². The molecule has 0 fully saturated rings. The zero-order chi connectivity index (χ0) is 18.4. The van der Waals surface area contributed by atoms with Crippen molar-refractivity contribution in [1.82, 2.24) is 5.32 Å². The second-order valence-electron chi connectivity index (χ2n) is 6.02. The van der Waals surface area contributed by atoms with Gasteiger partial charge in [-0.1, -0.05) is 6.07 Å². The van der Waals surface area contributed by atoms with Crippen LogP contribution in [0.1, 0.15) is 5.56 Å². The van der Waals surface area contributed by atoms with E-state index in [1.165, 1.54) is 0 Å². The molecule has 3 rings (SSSR count). The van der Waals surface area contributed by atoms with Crippen LogP contribution in [0.2, 0.25) is 0 Å². The zero-order valence-electron chi connectivity index (χ0n) is 14.3. The van der Waals surface area contributed by atoms with Crippen LogP contribution in [0.4, 0.5) is 5.69 Å². The molecule has 138 valence electrons. The molecule has 0 aromatic heterocycles. The van der Waals surface area contributed by atoms with Gasteiger partial charge < -0.3 is 30.3 Å². The number of anilines is 1. The number of aliphatic hydroxyl groups is 1. The van der Waals surface area contributed by atoms with Gasteiger partial charge in [0.25, 0.3) is 0 Å². The number of hydrogen-bond acceptors (Lipinski definition) is 6. The van der Waals surface area contributed by atoms with E-state index in [2.05, 4.69) is 10.6 Å². The smallest absolute Gasteiger partial charge is 0.229 e. The number of aromatic hydroxyl groups is 1. The maximum absolute atomic E-state index is 11.5. The lowest BCUT2D eigenvalue weighted by atomic mass is 10.1. The Kier molecular flexibility index (Phi) is 5.93. The van der Waals surface area contributed by atoms with E-state index in [4.69, 9.17) is 9.47 Å². The Morgan fingerprint density at radius 1 is 1.15 bits per heavy atom. The molecule has 2 aromatic carbocycles. The minimum absolute atomic E-state index is 0.0492. The maximum Gasteiger partial charge on any atom is 0.229 e. The molecule has 1 heterocycles. The summed E-state index contributed by atoms with van der Waals surface area (Å²) in [7, 11) is 0. The van der Waals surface area contributed by atoms with E-state index in [1.807, 2.05) is 12.1 Å². The first-order chi connectivity index (χ1) is 12.6. The number of nitrogens with one attached hydrogen (secondary N) is 2. The minimum atomic E-state index is -0.676. The van der Waals surface area contributed by atoms with Gasteiger partial charge in [0.1, 0.15) is 36.6 Å². The molecule has 7 nitrogen and oxygen atoms in total. The summed E-state index contributed by atoms with van der Waals surface area (Å²) in [5.41, 5.74) is 1.60. The fourth-order valence-corrected chi connectivity index (χ4v) is 2.65. The molecular formula is C19H22N2O5. The number of hydrogen-bond donors (Lipinski definition) is 4. The van der Waals surface area contributed by atoms with Crippen molar-refractivity contribution in [2.45, 2.75) is 12.5 Å². The van der Waals surface area contributed by atoms with Gasteiger partial charge in [0.15, 0.2) is 0 Å². The molecule has 7 heteroatoms. The first-order valence-electron chi connectivity index (χ1n) is 8.47. The molecular weight excluding hydrogens is 336 g/mol. The van der Waals surface area contributed by atoms with E-state index >= 15 is 0 Å². The molecule has 1 amide bonds. The lowest BCUT2D eigenvalue weighted by molar-refractivity contribution is -0.115. The molecule has 0 saturated heterocycles. The molecule has 2 aromatic rings. The van der Waals surface area contributed by atoms with E-state index in [9.17, 15) is 15.0 Å². The number of ether oxygens (including phenoxy) is 2. The predicted octanol–water partition coefficient (Wildman–Crippen LogP) is 1.30. The van der Waals surface area contributed by atoms with Gasteiger partial charge in [0.2, 0.25) is 5.91 Å². The molecule has 0 radical (unpaired) electrons. The first-order valence-corrected chi connectivity index (χ1v) is 8.47. The summed E-state index contributed by atoms with van der Waals surface area (Å²) < 4.78 is 11.2. The van der Waals surface area contributed by atoms with Gasteiger partial charge in [0.05, 0.1) is 6.42 Å². The van der Waals surface area contributed by atoms with Crippen molar-refractivity contribution in [3.63, 3.8) is 0 Å². The highest BCUT2D eigenvalue weighted by atomic mass is 16.5. The first kappa shape index (κ1) is 18.0. The summed E-state index contributed by atoms with van der Waals surface area (Å²) in [6.07, 6.45) is -0.376. The normalized spacial score (nSPS) is 13.8. The standard InChI is InChI=1S/C19H22N2O5/c22-13-4-6-15(7-5-13)25-9-8-20-11-14(23)12-26-18-3-1-2-17-16(18)10-19(24)21-17/h1-7,14,20,22-23H,8-12H2,(H,21,24). The molecule has 1 unspecified atom stereocenters. The van der Waals surface area contributed by atoms with Gasteiger partial charge in [-0.3, -0.25) is 4.79 Å². The number of rotatable bonds is 9. The van der Waals surface area contributed by atoms with Crippen LogP contribution in [0.5, 0.6) is 17.2 Å². The van der Waals surface area contributed by atoms with Gasteiger partial charge in [-0.25, -0.2) is 0 Å². The van der Waals surface area contributed by atoms with Crippen molar-refractivity contribution in [3.05, 3.63) is 48.0 Å². The minimum Gasteiger partial charge on any atom is -0.508 e. The van der Waals surface area contributed by atoms with Crippen LogP contribution in [0, 0.1) is 0 Å². The third kappa shape index (κ3) is 4.87. The maximum atomic E-state index is 11.5. The van der Waals surface area contributed by atoms with Gasteiger partial charge in [-0.05, 0) is 36.4 Å². The quantitative estimate of drug-likeness (QED) is 0.504. The monoisotopic (exact) mass is 358 g/mol. The highest BCUT2D eigenvalue weighted by Gasteiger charge is 2.21. The van der Waals surface area contributed by atoms with E-state index in [0.717, 1.165) is 11.3 Å². The molecule has 1 aliphatic rings. The lowest BCUT2D eigenvalue weighted by Crippen LogP contribution is -2.33. The van der Waals surface area contributed by atoms with E-state index in [-0.39, 0.29) is 18.3 Å². The van der Waals surface area contributed by atoms with E-state index in [1.54, 1.807) is 30.3 Å². The number of benzene rings is 2. The topological polar surface area (TPSA) is 100 Å². The highest BCUT2D eigenvalue weighted by molar-refractivity contribution is 6.00. The van der Waals surface area contributed by atoms with Crippen molar-refractivity contribution in [2.75, 3.05) is 31.6 Å². The third-order valence-electron chi connectivity index (χ3n) is 3.94. The van der Waals surface area contributed by atoms with Crippen LogP contribution in [-0.2, 0) is 11.2 Å². The van der Waals surface area contributed by atoms with E-state index < -0.39 is 6.10 Å². The molecule has 0 spiro atoms. The fraction of sp³-hybridized carbons (Fsp3) is 0.316. The summed E-state index contributed by atoms with van der Waals surface area (Å²) in [5.74, 6) is 1.44. The van der Waals surface area contributed by atoms with Crippen LogP contribution in [0.25, 0.3) is 0 Å². The Morgan fingerprint density at radius 2 is 1.96 bits per heavy atom. The second kappa shape index (κ2) is 8.55. The molecule has 0 saturated carbocycles. The predicted molar refractivity (Wildman–Crippen MR) is 96.7 cm³/mol. The van der Waals surface area contributed by atoms with Crippen LogP contribution in [0.15, 0.2) is 42.5 Å². The molecule has 4 N–H and O–H groups in total. The number of aliphatic hydroxyl groups excluding tert-OH is 1. The second-order valence-corrected chi connectivity index (χ2v) is 6.02. The van der Waals surface area contributed by atoms with E-state index in [0.29, 0.717) is 37.6 Å². The molecule has 1 atom stereocenters. The SMILES string of the molecule is O=C1Cc2c(cccc2OCC(O)CNCCOc2ccc(O)cc2)N1. The third-order valence-corrected chi connectivity index (χ3v) is 3.94. The van der Waals surface area contributed by atoms with Crippen LogP contribution in [-0.4, -0.2) is 48.5 Å². The molecule has 0 aliphatic carbocycles. The van der Waals surface area contributed by atoms with Crippen LogP contribution >= 0.6 is 0 Å². The highest BCUT2D eigenvalue weighted by Crippen LogP contribution is 2.31. The molecule has 0 bridgehead atoms. The lowest BCUT2D eigenvalue weighted by Gasteiger charge is -2.15. The fourth-order valence-electron chi connectivity index (χ4n) is 2.65. The number of carbonyl (C=O) groups is 1. The number of phenols is 1. The van der Waals surface area contributed by atoms with Crippen molar-refractivity contribution in [3.8, 4) is 17.2 Å². The molecule has 1 aliphatic heterocycles. The Bertz CT molecular complexity index is 748. The summed E-state index contributed by atoms with van der Waals surface area (Å²) in [5, 5.41) is 25.1. The van der Waals surface area contributed by atoms with Gasteiger partial charge in [0, 0.05) is 24.3 Å². The van der Waals surface area contributed by atoms with Crippen LogP contribution in [0.3, 0.4) is 0 Å². The van der Waals surface area contributed by atoms with Gasteiger partial charge >= 0.3 is 0 Å². The summed E-state index contributed by atoms with van der Waals surface area (Å²) in [6.45, 7) is 1.51. The number of fused-ring (bicyclic) bond motifs is 1. The Balaban J connectivity index is 1.34. The Hall–Kier alpha value is -2.77. The van der Waals surface area contributed by atoms with Crippen LogP contribution < -0.4 is 20.1 Å². The number of carbonyl (C=O) groups excluding carboxylic acids is 1. The summed E-state index contributed by atoms with van der Waals surface area (Å²) >= 11 is 0. The largest absolute Gasteiger partial charge is 0.508 e. The molecule has 26 heavy (non-hydrogen) atoms. The van der Waals surface area contributed by atoms with Gasteiger partial charge in [-0.2, -0.15) is 0 Å². The summed E-state index contributed by atoms with van der Waals surface area (Å²) in [6, 6.07) is 11.9. The average Bonchev–Trinajstić information content (AvgIpc) is 3.02. The summed E-state index contributed by atoms with van der Waals surface area (Å²) in [4.78, 5) is 11.5. The number of amides is 1. The number of phenolic OH excluding ortho intramolecular Hbond substituents is 1. The van der Waals surface area contributed by atoms with Crippen molar-refractivity contribution < 1.29 is 24.5 Å². The Morgan fingerprint density at radius 3 is 2.77 bits per heavy atom. The Labute approximate surface area is 151 Å². The zero-order valence-corrected chi connectivity index (χ0v) is 14.3. The van der Waals surface area contributed by atoms with Gasteiger partial charge in [-0.15, -0.1) is 0 Å². The van der Waals surface area contributed by atoms with Crippen molar-refractivity contribution in [1.29, 1.82) is 0 Å². The average molecular weight is 358 g/mol. The van der Waals surface area contributed by atoms with Crippen molar-refractivity contribution in [2.24, 2.45) is 0 Å².